The van der Waals surface area contributed by atoms with E-state index in [1.165, 1.54) is 0 Å². The molecule has 0 aliphatic carbocycles. The second-order valence-corrected chi connectivity index (χ2v) is 5.35. The van der Waals surface area contributed by atoms with Crippen molar-refractivity contribution in [3.8, 4) is 0 Å². The molecule has 0 radical (unpaired) electrons. The number of aliphatic hydroxyl groups excluding tert-OH is 1. The van der Waals surface area contributed by atoms with Gasteiger partial charge in [0.1, 0.15) is 0 Å². The summed E-state index contributed by atoms with van der Waals surface area (Å²) in [4.78, 5) is 11.7. The van der Waals surface area contributed by atoms with E-state index in [0.717, 1.165) is 11.1 Å². The summed E-state index contributed by atoms with van der Waals surface area (Å²) in [6.45, 7) is 10.3. The van der Waals surface area contributed by atoms with Crippen molar-refractivity contribution < 1.29 is 14.6 Å². The van der Waals surface area contributed by atoms with E-state index >= 15 is 0 Å². The number of hydrogen-bond acceptors (Lipinski definition) is 3. The zero-order valence-electron chi connectivity index (χ0n) is 12.4. The van der Waals surface area contributed by atoms with Gasteiger partial charge in [-0.2, -0.15) is 0 Å². The van der Waals surface area contributed by atoms with E-state index < -0.39 is 12.1 Å². The van der Waals surface area contributed by atoms with Crippen LogP contribution in [-0.4, -0.2) is 17.7 Å². The van der Waals surface area contributed by atoms with Gasteiger partial charge >= 0.3 is 5.97 Å². The molecule has 0 aromatic heterocycles. The van der Waals surface area contributed by atoms with E-state index in [9.17, 15) is 9.90 Å². The molecule has 3 nitrogen and oxygen atoms in total. The lowest BCUT2D eigenvalue weighted by Crippen LogP contribution is -2.17. The number of benzene rings is 1. The Hall–Kier alpha value is -1.35. The Morgan fingerprint density at radius 3 is 2.26 bits per heavy atom. The van der Waals surface area contributed by atoms with Gasteiger partial charge in [-0.15, -0.1) is 0 Å². The molecule has 0 aliphatic rings. The SMILES string of the molecule is CCOC(=O)C(O)c1cc(C(C)C)ccc1C(C)C. The third-order valence-corrected chi connectivity index (χ3v) is 3.20. The summed E-state index contributed by atoms with van der Waals surface area (Å²) < 4.78 is 4.90. The summed E-state index contributed by atoms with van der Waals surface area (Å²) in [5.74, 6) is 0.0277. The zero-order valence-corrected chi connectivity index (χ0v) is 12.4. The molecule has 1 rings (SSSR count). The molecule has 3 heteroatoms. The second-order valence-electron chi connectivity index (χ2n) is 5.35. The lowest BCUT2D eigenvalue weighted by molar-refractivity contribution is -0.153. The summed E-state index contributed by atoms with van der Waals surface area (Å²) in [6.07, 6.45) is -1.20. The molecule has 0 heterocycles. The Labute approximate surface area is 115 Å². The van der Waals surface area contributed by atoms with E-state index in [1.807, 2.05) is 26.0 Å². The summed E-state index contributed by atoms with van der Waals surface area (Å²) in [7, 11) is 0. The van der Waals surface area contributed by atoms with Gasteiger partial charge in [0.05, 0.1) is 6.61 Å². The van der Waals surface area contributed by atoms with E-state index in [-0.39, 0.29) is 12.5 Å². The molecule has 1 atom stereocenters. The van der Waals surface area contributed by atoms with Crippen molar-refractivity contribution in [1.29, 1.82) is 0 Å². The van der Waals surface area contributed by atoms with Gasteiger partial charge < -0.3 is 9.84 Å². The summed E-state index contributed by atoms with van der Waals surface area (Å²) >= 11 is 0. The Bertz CT molecular complexity index is 436. The summed E-state index contributed by atoms with van der Waals surface area (Å²) in [6, 6.07) is 5.97. The first-order valence-corrected chi connectivity index (χ1v) is 6.86. The van der Waals surface area contributed by atoms with Gasteiger partial charge in [0.25, 0.3) is 0 Å². The molecule has 0 aliphatic heterocycles. The molecular formula is C16H24O3. The molecule has 1 aromatic rings. The molecule has 0 spiro atoms. The van der Waals surface area contributed by atoms with E-state index in [1.54, 1.807) is 6.92 Å². The van der Waals surface area contributed by atoms with Crippen molar-refractivity contribution in [1.82, 2.24) is 0 Å². The Kier molecular flexibility index (Phi) is 5.55. The van der Waals surface area contributed by atoms with Crippen molar-refractivity contribution in [3.63, 3.8) is 0 Å². The van der Waals surface area contributed by atoms with Crippen LogP contribution in [0, 0.1) is 0 Å². The van der Waals surface area contributed by atoms with E-state index in [2.05, 4.69) is 19.9 Å². The van der Waals surface area contributed by atoms with Gasteiger partial charge in [-0.25, -0.2) is 4.79 Å². The van der Waals surface area contributed by atoms with Crippen LogP contribution in [0.2, 0.25) is 0 Å². The van der Waals surface area contributed by atoms with E-state index in [0.29, 0.717) is 11.5 Å². The van der Waals surface area contributed by atoms with Crippen LogP contribution in [0.4, 0.5) is 0 Å². The highest BCUT2D eigenvalue weighted by atomic mass is 16.5. The van der Waals surface area contributed by atoms with Crippen LogP contribution in [0.3, 0.4) is 0 Å². The molecule has 1 unspecified atom stereocenters. The molecule has 0 saturated carbocycles. The standard InChI is InChI=1S/C16H24O3/c1-6-19-16(18)15(17)14-9-12(10(2)3)7-8-13(14)11(4)5/h7-11,15,17H,6H2,1-5H3. The Balaban J connectivity index is 3.20. The van der Waals surface area contributed by atoms with Gasteiger partial charge in [-0.1, -0.05) is 45.9 Å². The molecule has 0 fully saturated rings. The predicted octanol–water partition coefficient (Wildman–Crippen LogP) is 3.53. The highest BCUT2D eigenvalue weighted by molar-refractivity contribution is 5.77. The molecule has 0 bridgehead atoms. The molecular weight excluding hydrogens is 240 g/mol. The van der Waals surface area contributed by atoms with Gasteiger partial charge in [-0.05, 0) is 35.4 Å². The first-order chi connectivity index (χ1) is 8.88. The number of carbonyl (C=O) groups excluding carboxylic acids is 1. The van der Waals surface area contributed by atoms with Crippen molar-refractivity contribution >= 4 is 5.97 Å². The van der Waals surface area contributed by atoms with Crippen LogP contribution in [0.25, 0.3) is 0 Å². The molecule has 1 aromatic carbocycles. The highest BCUT2D eigenvalue weighted by Crippen LogP contribution is 2.29. The Morgan fingerprint density at radius 1 is 1.16 bits per heavy atom. The third kappa shape index (κ3) is 3.80. The number of rotatable bonds is 5. The van der Waals surface area contributed by atoms with Crippen molar-refractivity contribution in [3.05, 3.63) is 34.9 Å². The van der Waals surface area contributed by atoms with Gasteiger partial charge in [0, 0.05) is 0 Å². The zero-order chi connectivity index (χ0) is 14.6. The minimum atomic E-state index is -1.20. The normalized spacial score (nSPS) is 12.8. The van der Waals surface area contributed by atoms with Crippen LogP contribution < -0.4 is 0 Å². The fourth-order valence-electron chi connectivity index (χ4n) is 2.06. The molecule has 106 valence electrons. The number of hydrogen-bond donors (Lipinski definition) is 1. The van der Waals surface area contributed by atoms with Crippen LogP contribution in [0.1, 0.15) is 69.2 Å². The fourth-order valence-corrected chi connectivity index (χ4v) is 2.06. The van der Waals surface area contributed by atoms with Crippen LogP contribution in [-0.2, 0) is 9.53 Å². The highest BCUT2D eigenvalue weighted by Gasteiger charge is 2.23. The largest absolute Gasteiger partial charge is 0.464 e. The van der Waals surface area contributed by atoms with Gasteiger partial charge in [0.2, 0.25) is 0 Å². The molecule has 0 saturated heterocycles. The molecule has 19 heavy (non-hydrogen) atoms. The van der Waals surface area contributed by atoms with E-state index in [4.69, 9.17) is 4.74 Å². The topological polar surface area (TPSA) is 46.5 Å². The lowest BCUT2D eigenvalue weighted by Gasteiger charge is -2.19. The average molecular weight is 264 g/mol. The van der Waals surface area contributed by atoms with Crippen LogP contribution in [0.15, 0.2) is 18.2 Å². The number of carbonyl (C=O) groups is 1. The third-order valence-electron chi connectivity index (χ3n) is 3.20. The fraction of sp³-hybridized carbons (Fsp3) is 0.562. The average Bonchev–Trinajstić information content (AvgIpc) is 2.37. The van der Waals surface area contributed by atoms with Gasteiger partial charge in [0.15, 0.2) is 6.10 Å². The monoisotopic (exact) mass is 264 g/mol. The first kappa shape index (κ1) is 15.7. The van der Waals surface area contributed by atoms with Crippen LogP contribution >= 0.6 is 0 Å². The first-order valence-electron chi connectivity index (χ1n) is 6.86. The summed E-state index contributed by atoms with van der Waals surface area (Å²) in [5.41, 5.74) is 2.77. The summed E-state index contributed by atoms with van der Waals surface area (Å²) in [5, 5.41) is 10.2. The van der Waals surface area contributed by atoms with Gasteiger partial charge in [-0.3, -0.25) is 0 Å². The number of aliphatic hydroxyl groups is 1. The number of ether oxygens (including phenoxy) is 1. The minimum absolute atomic E-state index is 0.250. The van der Waals surface area contributed by atoms with Crippen molar-refractivity contribution in [2.45, 2.75) is 52.6 Å². The maximum absolute atomic E-state index is 11.7. The molecule has 1 N–H and O–H groups in total. The predicted molar refractivity (Wildman–Crippen MR) is 76.2 cm³/mol. The maximum atomic E-state index is 11.7. The smallest absolute Gasteiger partial charge is 0.339 e. The number of esters is 1. The van der Waals surface area contributed by atoms with Crippen LogP contribution in [0.5, 0.6) is 0 Å². The second kappa shape index (κ2) is 6.71. The quantitative estimate of drug-likeness (QED) is 0.827. The lowest BCUT2D eigenvalue weighted by atomic mass is 9.89. The van der Waals surface area contributed by atoms with Crippen molar-refractivity contribution in [2.75, 3.05) is 6.61 Å². The minimum Gasteiger partial charge on any atom is -0.464 e. The molecule has 0 amide bonds. The Morgan fingerprint density at radius 2 is 1.79 bits per heavy atom. The maximum Gasteiger partial charge on any atom is 0.339 e. The van der Waals surface area contributed by atoms with Crippen molar-refractivity contribution in [2.24, 2.45) is 0 Å².